The zero-order chi connectivity index (χ0) is 14.1. The van der Waals surface area contributed by atoms with Crippen molar-refractivity contribution in [3.05, 3.63) is 41.5 Å². The molecule has 0 amide bonds. The van der Waals surface area contributed by atoms with E-state index in [2.05, 4.69) is 28.4 Å². The first kappa shape index (κ1) is 13.1. The molecule has 3 rings (SSSR count). The van der Waals surface area contributed by atoms with Crippen LogP contribution in [0.1, 0.15) is 36.2 Å². The lowest BCUT2D eigenvalue weighted by atomic mass is 9.96. The molecule has 0 radical (unpaired) electrons. The van der Waals surface area contributed by atoms with Gasteiger partial charge in [0.25, 0.3) is 0 Å². The van der Waals surface area contributed by atoms with E-state index in [9.17, 15) is 0 Å². The van der Waals surface area contributed by atoms with E-state index in [0.29, 0.717) is 6.61 Å². The quantitative estimate of drug-likeness (QED) is 0.930. The smallest absolute Gasteiger partial charge is 0.147 e. The Morgan fingerprint density at radius 3 is 2.85 bits per heavy atom. The van der Waals surface area contributed by atoms with Gasteiger partial charge in [-0.1, -0.05) is 25.1 Å². The summed E-state index contributed by atoms with van der Waals surface area (Å²) < 4.78 is 7.89. The number of nitrogens with zero attached hydrogens (tertiary/aromatic N) is 3. The van der Waals surface area contributed by atoms with Crippen molar-refractivity contribution in [3.8, 4) is 5.75 Å². The highest BCUT2D eigenvalue weighted by Crippen LogP contribution is 2.37. The fourth-order valence-corrected chi connectivity index (χ4v) is 2.88. The largest absolute Gasteiger partial charge is 0.491 e. The number of aryl methyl sites for hydroxylation is 2. The van der Waals surface area contributed by atoms with Crippen LogP contribution < -0.4 is 10.1 Å². The fourth-order valence-electron chi connectivity index (χ4n) is 2.88. The molecule has 0 bridgehead atoms. The van der Waals surface area contributed by atoms with E-state index in [1.165, 1.54) is 5.56 Å². The number of hydrogen-bond donors (Lipinski definition) is 1. The number of benzene rings is 1. The molecular formula is C15H20N4O. The SMILES string of the molecule is CCNC1c2ccccc2OCC1n1nc(C)nc1C. The van der Waals surface area contributed by atoms with Crippen LogP contribution >= 0.6 is 0 Å². The molecule has 0 fully saturated rings. The minimum absolute atomic E-state index is 0.131. The van der Waals surface area contributed by atoms with Crippen LogP contribution in [-0.4, -0.2) is 27.9 Å². The van der Waals surface area contributed by atoms with Gasteiger partial charge in [0.1, 0.15) is 30.0 Å². The summed E-state index contributed by atoms with van der Waals surface area (Å²) in [6.07, 6.45) is 0. The van der Waals surface area contributed by atoms with Crippen molar-refractivity contribution < 1.29 is 4.74 Å². The van der Waals surface area contributed by atoms with Crippen molar-refractivity contribution in [2.75, 3.05) is 13.2 Å². The molecule has 0 aliphatic carbocycles. The van der Waals surface area contributed by atoms with Crippen molar-refractivity contribution >= 4 is 0 Å². The van der Waals surface area contributed by atoms with Gasteiger partial charge in [-0.25, -0.2) is 9.67 Å². The molecular weight excluding hydrogens is 252 g/mol. The normalized spacial score (nSPS) is 21.4. The molecule has 20 heavy (non-hydrogen) atoms. The van der Waals surface area contributed by atoms with Gasteiger partial charge in [0, 0.05) is 5.56 Å². The van der Waals surface area contributed by atoms with Crippen LogP contribution in [0.4, 0.5) is 0 Å². The third-order valence-electron chi connectivity index (χ3n) is 3.69. The maximum absolute atomic E-state index is 5.90. The number of aromatic nitrogens is 3. The molecule has 5 heteroatoms. The Bertz CT molecular complexity index is 608. The summed E-state index contributed by atoms with van der Waals surface area (Å²) in [6, 6.07) is 8.53. The van der Waals surface area contributed by atoms with Gasteiger partial charge in [-0.2, -0.15) is 5.10 Å². The summed E-state index contributed by atoms with van der Waals surface area (Å²) >= 11 is 0. The number of nitrogens with one attached hydrogen (secondary N) is 1. The van der Waals surface area contributed by atoms with Gasteiger partial charge < -0.3 is 10.1 Å². The Hall–Kier alpha value is -1.88. The summed E-state index contributed by atoms with van der Waals surface area (Å²) in [5, 5.41) is 8.08. The van der Waals surface area contributed by atoms with Crippen molar-refractivity contribution in [3.63, 3.8) is 0 Å². The molecule has 106 valence electrons. The van der Waals surface area contributed by atoms with Crippen LogP contribution in [0.3, 0.4) is 0 Å². The topological polar surface area (TPSA) is 52.0 Å². The summed E-state index contributed by atoms with van der Waals surface area (Å²) in [6.45, 7) is 7.54. The molecule has 0 saturated carbocycles. The minimum atomic E-state index is 0.131. The Labute approximate surface area is 119 Å². The van der Waals surface area contributed by atoms with Crippen LogP contribution in [0.5, 0.6) is 5.75 Å². The minimum Gasteiger partial charge on any atom is -0.491 e. The van der Waals surface area contributed by atoms with Crippen LogP contribution in [-0.2, 0) is 0 Å². The second-order valence-electron chi connectivity index (χ2n) is 5.10. The highest BCUT2D eigenvalue weighted by atomic mass is 16.5. The maximum Gasteiger partial charge on any atom is 0.147 e. The Balaban J connectivity index is 2.02. The first-order chi connectivity index (χ1) is 9.70. The van der Waals surface area contributed by atoms with Gasteiger partial charge in [-0.05, 0) is 26.5 Å². The Kier molecular flexibility index (Phi) is 3.44. The Morgan fingerprint density at radius 2 is 2.15 bits per heavy atom. The van der Waals surface area contributed by atoms with Gasteiger partial charge >= 0.3 is 0 Å². The lowest BCUT2D eigenvalue weighted by molar-refractivity contribution is 0.168. The third kappa shape index (κ3) is 2.18. The summed E-state index contributed by atoms with van der Waals surface area (Å²) in [5.41, 5.74) is 1.19. The molecule has 0 spiro atoms. The first-order valence-corrected chi connectivity index (χ1v) is 7.05. The van der Waals surface area contributed by atoms with Gasteiger partial charge in [-0.3, -0.25) is 0 Å². The van der Waals surface area contributed by atoms with Crippen molar-refractivity contribution in [1.82, 2.24) is 20.1 Å². The zero-order valence-electron chi connectivity index (χ0n) is 12.1. The molecule has 1 aliphatic rings. The van der Waals surface area contributed by atoms with E-state index in [0.717, 1.165) is 23.9 Å². The number of rotatable bonds is 3. The number of fused-ring (bicyclic) bond motifs is 1. The molecule has 2 heterocycles. The standard InChI is InChI=1S/C15H20N4O/c1-4-16-15-12-7-5-6-8-14(12)20-9-13(15)19-11(3)17-10(2)18-19/h5-8,13,15-16H,4,9H2,1-3H3. The predicted octanol–water partition coefficient (Wildman–Crippen LogP) is 2.18. The highest BCUT2D eigenvalue weighted by molar-refractivity contribution is 5.38. The van der Waals surface area contributed by atoms with Crippen LogP contribution in [0.2, 0.25) is 0 Å². The van der Waals surface area contributed by atoms with Gasteiger partial charge in [0.05, 0.1) is 6.04 Å². The third-order valence-corrected chi connectivity index (χ3v) is 3.69. The van der Waals surface area contributed by atoms with Crippen LogP contribution in [0, 0.1) is 13.8 Å². The van der Waals surface area contributed by atoms with E-state index >= 15 is 0 Å². The molecule has 2 aromatic rings. The first-order valence-electron chi connectivity index (χ1n) is 7.05. The molecule has 5 nitrogen and oxygen atoms in total. The van der Waals surface area contributed by atoms with Gasteiger partial charge in [-0.15, -0.1) is 0 Å². The molecule has 1 aromatic heterocycles. The van der Waals surface area contributed by atoms with E-state index in [4.69, 9.17) is 4.74 Å². The van der Waals surface area contributed by atoms with Crippen molar-refractivity contribution in [1.29, 1.82) is 0 Å². The average molecular weight is 272 g/mol. The second kappa shape index (κ2) is 5.25. The summed E-state index contributed by atoms with van der Waals surface area (Å²) in [7, 11) is 0. The van der Waals surface area contributed by atoms with Gasteiger partial charge in [0.2, 0.25) is 0 Å². The molecule has 1 N–H and O–H groups in total. The lowest BCUT2D eigenvalue weighted by Gasteiger charge is -2.34. The fraction of sp³-hybridized carbons (Fsp3) is 0.467. The Morgan fingerprint density at radius 1 is 1.35 bits per heavy atom. The van der Waals surface area contributed by atoms with E-state index in [1.807, 2.05) is 36.7 Å². The lowest BCUT2D eigenvalue weighted by Crippen LogP contribution is -2.38. The maximum atomic E-state index is 5.90. The highest BCUT2D eigenvalue weighted by Gasteiger charge is 2.33. The zero-order valence-corrected chi connectivity index (χ0v) is 12.1. The van der Waals surface area contributed by atoms with E-state index in [1.54, 1.807) is 0 Å². The summed E-state index contributed by atoms with van der Waals surface area (Å²) in [5.74, 6) is 2.69. The predicted molar refractivity (Wildman–Crippen MR) is 76.9 cm³/mol. The van der Waals surface area contributed by atoms with Crippen molar-refractivity contribution in [2.45, 2.75) is 32.9 Å². The van der Waals surface area contributed by atoms with Crippen LogP contribution in [0.25, 0.3) is 0 Å². The van der Waals surface area contributed by atoms with E-state index in [-0.39, 0.29) is 12.1 Å². The molecule has 2 atom stereocenters. The number of ether oxygens (including phenoxy) is 1. The molecule has 2 unspecified atom stereocenters. The van der Waals surface area contributed by atoms with Gasteiger partial charge in [0.15, 0.2) is 0 Å². The number of likely N-dealkylation sites (N-methyl/N-ethyl adjacent to an activating group) is 1. The molecule has 1 aliphatic heterocycles. The monoisotopic (exact) mass is 272 g/mol. The molecule has 1 aromatic carbocycles. The van der Waals surface area contributed by atoms with Crippen molar-refractivity contribution in [2.24, 2.45) is 0 Å². The molecule has 0 saturated heterocycles. The van der Waals surface area contributed by atoms with E-state index < -0.39 is 0 Å². The van der Waals surface area contributed by atoms with Crippen LogP contribution in [0.15, 0.2) is 24.3 Å². The summed E-state index contributed by atoms with van der Waals surface area (Å²) in [4.78, 5) is 4.41. The number of para-hydroxylation sites is 1. The second-order valence-corrected chi connectivity index (χ2v) is 5.10. The number of hydrogen-bond acceptors (Lipinski definition) is 4. The average Bonchev–Trinajstić information content (AvgIpc) is 2.78.